The van der Waals surface area contributed by atoms with Crippen LogP contribution in [-0.2, 0) is 10.0 Å². The van der Waals surface area contributed by atoms with Gasteiger partial charge in [-0.15, -0.1) is 0 Å². The van der Waals surface area contributed by atoms with Gasteiger partial charge in [0.1, 0.15) is 6.04 Å². The maximum absolute atomic E-state index is 12.8. The van der Waals surface area contributed by atoms with Gasteiger partial charge in [-0.3, -0.25) is 4.90 Å². The predicted octanol–water partition coefficient (Wildman–Crippen LogP) is 1.86. The number of sulfonamides is 1. The minimum atomic E-state index is -4.32. The van der Waals surface area contributed by atoms with Gasteiger partial charge < -0.3 is 0 Å². The number of likely N-dealkylation sites (N-methyl/N-ethyl adjacent to an activating group) is 1. The van der Waals surface area contributed by atoms with Crippen LogP contribution in [0.2, 0.25) is 0 Å². The Kier molecular flexibility index (Phi) is 4.98. The minimum Gasteiger partial charge on any atom is -0.294 e. The van der Waals surface area contributed by atoms with Crippen LogP contribution in [0, 0.1) is 11.3 Å². The third-order valence-corrected chi connectivity index (χ3v) is 5.32. The molecule has 0 saturated carbocycles. The van der Waals surface area contributed by atoms with Crippen molar-refractivity contribution in [3.63, 3.8) is 0 Å². The molecule has 1 aromatic carbocycles. The first-order valence-electron chi connectivity index (χ1n) is 6.93. The van der Waals surface area contributed by atoms with E-state index in [9.17, 15) is 21.6 Å². The Morgan fingerprint density at radius 1 is 1.35 bits per heavy atom. The Morgan fingerprint density at radius 2 is 2.04 bits per heavy atom. The average molecular weight is 347 g/mol. The number of likely N-dealkylation sites (tertiary alicyclic amines) is 1. The molecular weight excluding hydrogens is 331 g/mol. The van der Waals surface area contributed by atoms with E-state index in [1.54, 1.807) is 0 Å². The molecule has 126 valence electrons. The van der Waals surface area contributed by atoms with E-state index >= 15 is 0 Å². The van der Waals surface area contributed by atoms with Crippen molar-refractivity contribution in [1.29, 1.82) is 5.26 Å². The molecule has 9 heteroatoms. The van der Waals surface area contributed by atoms with Gasteiger partial charge in [0, 0.05) is 12.6 Å². The number of rotatable bonds is 3. The quantitative estimate of drug-likeness (QED) is 0.906. The zero-order chi connectivity index (χ0) is 17.3. The Bertz CT molecular complexity index is 713. The van der Waals surface area contributed by atoms with Gasteiger partial charge >= 0.3 is 6.18 Å². The van der Waals surface area contributed by atoms with Gasteiger partial charge in [-0.2, -0.15) is 18.4 Å². The molecule has 2 atom stereocenters. The van der Waals surface area contributed by atoms with E-state index in [-0.39, 0.29) is 29.8 Å². The van der Waals surface area contributed by atoms with Gasteiger partial charge in [0.25, 0.3) is 0 Å². The molecule has 1 aliphatic heterocycles. The number of nitrogens with one attached hydrogen (secondary N) is 1. The van der Waals surface area contributed by atoms with Gasteiger partial charge in [0.2, 0.25) is 10.0 Å². The lowest BCUT2D eigenvalue weighted by molar-refractivity contribution is -0.188. The van der Waals surface area contributed by atoms with Crippen molar-refractivity contribution in [2.24, 2.45) is 0 Å². The molecule has 0 bridgehead atoms. The largest absolute Gasteiger partial charge is 0.404 e. The van der Waals surface area contributed by atoms with Crippen LogP contribution in [0.15, 0.2) is 29.2 Å². The van der Waals surface area contributed by atoms with Crippen LogP contribution in [0.25, 0.3) is 0 Å². The second-order valence-corrected chi connectivity index (χ2v) is 7.25. The van der Waals surface area contributed by atoms with E-state index < -0.39 is 28.3 Å². The number of nitriles is 1. The molecule has 1 fully saturated rings. The van der Waals surface area contributed by atoms with Crippen molar-refractivity contribution < 1.29 is 21.6 Å². The molecule has 1 N–H and O–H groups in total. The van der Waals surface area contributed by atoms with Crippen LogP contribution in [0.4, 0.5) is 13.2 Å². The summed E-state index contributed by atoms with van der Waals surface area (Å²) in [4.78, 5) is 1.04. The molecule has 1 aromatic rings. The first kappa shape index (κ1) is 17.7. The van der Waals surface area contributed by atoms with E-state index in [1.165, 1.54) is 31.3 Å². The summed E-state index contributed by atoms with van der Waals surface area (Å²) in [5.41, 5.74) is 0.200. The third-order valence-electron chi connectivity index (χ3n) is 3.80. The fourth-order valence-electron chi connectivity index (χ4n) is 2.68. The lowest BCUT2D eigenvalue weighted by atomic mass is 9.99. The molecule has 0 unspecified atom stereocenters. The molecule has 2 rings (SSSR count). The summed E-state index contributed by atoms with van der Waals surface area (Å²) in [5, 5.41) is 8.81. The van der Waals surface area contributed by atoms with Gasteiger partial charge in [0.05, 0.1) is 16.5 Å². The highest BCUT2D eigenvalue weighted by Gasteiger charge is 2.45. The number of hydrogen-bond acceptors (Lipinski definition) is 4. The molecule has 23 heavy (non-hydrogen) atoms. The first-order valence-corrected chi connectivity index (χ1v) is 8.41. The predicted molar refractivity (Wildman–Crippen MR) is 77.0 cm³/mol. The molecule has 0 aromatic heterocycles. The number of benzene rings is 1. The highest BCUT2D eigenvalue weighted by molar-refractivity contribution is 7.89. The number of nitrogens with zero attached hydrogens (tertiary/aromatic N) is 2. The molecule has 0 radical (unpaired) electrons. The fourth-order valence-corrected chi connectivity index (χ4v) is 3.98. The Balaban J connectivity index is 2.09. The molecule has 1 aliphatic rings. The summed E-state index contributed by atoms with van der Waals surface area (Å²) in [5.74, 6) is 0. The first-order chi connectivity index (χ1) is 10.6. The van der Waals surface area contributed by atoms with Crippen molar-refractivity contribution in [3.8, 4) is 6.07 Å². The van der Waals surface area contributed by atoms with Gasteiger partial charge in [-0.05, 0) is 38.1 Å². The van der Waals surface area contributed by atoms with E-state index in [2.05, 4.69) is 4.72 Å². The summed E-state index contributed by atoms with van der Waals surface area (Å²) in [6.07, 6.45) is -4.38. The van der Waals surface area contributed by atoms with E-state index in [4.69, 9.17) is 5.26 Å². The van der Waals surface area contributed by atoms with Crippen LogP contribution in [0.1, 0.15) is 18.4 Å². The van der Waals surface area contributed by atoms with Gasteiger partial charge in [0.15, 0.2) is 0 Å². The minimum absolute atomic E-state index is 0.0264. The molecule has 0 aliphatic carbocycles. The fraction of sp³-hybridized carbons (Fsp3) is 0.500. The van der Waals surface area contributed by atoms with E-state index in [1.807, 2.05) is 6.07 Å². The highest BCUT2D eigenvalue weighted by Crippen LogP contribution is 2.31. The van der Waals surface area contributed by atoms with Crippen LogP contribution in [0.5, 0.6) is 0 Å². The van der Waals surface area contributed by atoms with Gasteiger partial charge in [-0.1, -0.05) is 6.07 Å². The smallest absolute Gasteiger partial charge is 0.294 e. The second kappa shape index (κ2) is 6.47. The molecule has 1 heterocycles. The maximum Gasteiger partial charge on any atom is 0.404 e. The second-order valence-electron chi connectivity index (χ2n) is 5.53. The van der Waals surface area contributed by atoms with Crippen molar-refractivity contribution >= 4 is 10.0 Å². The normalized spacial score (nSPS) is 23.4. The summed E-state index contributed by atoms with van der Waals surface area (Å²) >= 11 is 0. The Labute approximate surface area is 132 Å². The Hall–Kier alpha value is -1.63. The maximum atomic E-state index is 12.8. The molecule has 1 saturated heterocycles. The molecule has 5 nitrogen and oxygen atoms in total. The number of piperidine rings is 1. The van der Waals surface area contributed by atoms with Crippen LogP contribution in [-0.4, -0.2) is 45.2 Å². The molecular formula is C14H16F3N3O2S. The summed E-state index contributed by atoms with van der Waals surface area (Å²) in [6, 6.07) is 5.18. The number of hydrogen-bond donors (Lipinski definition) is 1. The average Bonchev–Trinajstić information content (AvgIpc) is 2.45. The monoisotopic (exact) mass is 347 g/mol. The third kappa shape index (κ3) is 4.22. The van der Waals surface area contributed by atoms with Crippen LogP contribution in [0.3, 0.4) is 0 Å². The summed E-state index contributed by atoms with van der Waals surface area (Å²) in [6.45, 7) is -0.0264. The van der Waals surface area contributed by atoms with Crippen LogP contribution < -0.4 is 4.72 Å². The zero-order valence-electron chi connectivity index (χ0n) is 12.3. The van der Waals surface area contributed by atoms with Crippen molar-refractivity contribution in [2.45, 2.75) is 36.0 Å². The number of halogens is 3. The lowest BCUT2D eigenvalue weighted by Crippen LogP contribution is -2.54. The van der Waals surface area contributed by atoms with E-state index in [0.717, 1.165) is 4.90 Å². The molecule has 0 spiro atoms. The highest BCUT2D eigenvalue weighted by atomic mass is 32.2. The summed E-state index contributed by atoms with van der Waals surface area (Å²) < 4.78 is 65.4. The zero-order valence-corrected chi connectivity index (χ0v) is 13.2. The Morgan fingerprint density at radius 3 is 2.61 bits per heavy atom. The van der Waals surface area contributed by atoms with Crippen LogP contribution >= 0.6 is 0 Å². The van der Waals surface area contributed by atoms with E-state index in [0.29, 0.717) is 0 Å². The topological polar surface area (TPSA) is 73.2 Å². The van der Waals surface area contributed by atoms with Crippen molar-refractivity contribution in [2.75, 3.05) is 13.6 Å². The lowest BCUT2D eigenvalue weighted by Gasteiger charge is -2.38. The summed E-state index contributed by atoms with van der Waals surface area (Å²) in [7, 11) is -2.55. The van der Waals surface area contributed by atoms with Gasteiger partial charge in [-0.25, -0.2) is 13.1 Å². The van der Waals surface area contributed by atoms with Crippen molar-refractivity contribution in [3.05, 3.63) is 29.8 Å². The standard InChI is InChI=1S/C14H16F3N3O2S/c1-20-9-11(5-6-13(20)14(15,16)17)19-23(21,22)12-4-2-3-10(7-12)8-18/h2-4,7,11,13,19H,5-6,9H2,1H3/t11-,13+/m0/s1. The SMILES string of the molecule is CN1C[C@@H](NS(=O)(=O)c2cccc(C#N)c2)CC[C@@H]1C(F)(F)F. The molecule has 0 amide bonds. The van der Waals surface area contributed by atoms with Crippen molar-refractivity contribution in [1.82, 2.24) is 9.62 Å². The number of alkyl halides is 3.